The van der Waals surface area contributed by atoms with Gasteiger partial charge in [0.05, 0.1) is 0 Å². The Hall–Kier alpha value is -3.40. The van der Waals surface area contributed by atoms with E-state index in [0.29, 0.717) is 17.5 Å². The lowest BCUT2D eigenvalue weighted by Crippen LogP contribution is -2.54. The molecule has 2 rings (SSSR count). The molecule has 0 fully saturated rings. The van der Waals surface area contributed by atoms with E-state index < -0.39 is 30.2 Å². The van der Waals surface area contributed by atoms with Gasteiger partial charge in [0.1, 0.15) is 19.3 Å². The van der Waals surface area contributed by atoms with E-state index in [-0.39, 0.29) is 37.5 Å². The summed E-state index contributed by atoms with van der Waals surface area (Å²) in [7, 11) is 0. The predicted molar refractivity (Wildman–Crippen MR) is 112 cm³/mol. The second-order valence-electron chi connectivity index (χ2n) is 7.11. The maximum absolute atomic E-state index is 13.3. The summed E-state index contributed by atoms with van der Waals surface area (Å²) in [4.78, 5) is 37.3. The maximum atomic E-state index is 13.3. The lowest BCUT2D eigenvalue weighted by Gasteiger charge is -2.28. The number of nitrogens with two attached hydrogens (primary N) is 1. The van der Waals surface area contributed by atoms with E-state index in [1.54, 1.807) is 60.7 Å². The fraction of sp³-hybridized carbons (Fsp3) is 0.348. The number of amides is 2. The summed E-state index contributed by atoms with van der Waals surface area (Å²) in [6.45, 7) is -0.395. The number of carbonyl (C=O) groups excluding carboxylic acids is 3. The van der Waals surface area contributed by atoms with E-state index in [0.717, 1.165) is 0 Å². The van der Waals surface area contributed by atoms with Crippen molar-refractivity contribution in [3.8, 4) is 0 Å². The zero-order valence-electron chi connectivity index (χ0n) is 17.8. The van der Waals surface area contributed by atoms with E-state index in [1.165, 1.54) is 0 Å². The van der Waals surface area contributed by atoms with Crippen molar-refractivity contribution in [1.29, 1.82) is 0 Å². The van der Waals surface area contributed by atoms with Gasteiger partial charge in [0.25, 0.3) is 0 Å². The number of benzene rings is 2. The monoisotopic (exact) mass is 466 g/mol. The molecule has 0 aliphatic carbocycles. The Kier molecular flexibility index (Phi) is 9.86. The number of unbranched alkanes of at least 4 members (excludes halogenated alkanes) is 1. The second-order valence-corrected chi connectivity index (χ2v) is 7.11. The first kappa shape index (κ1) is 25.9. The molecule has 0 saturated heterocycles. The van der Waals surface area contributed by atoms with E-state index in [1.807, 2.05) is 0 Å². The largest absolute Gasteiger partial charge is 0.471 e. The minimum atomic E-state index is -5.41. The standard InChI is InChI=1S/C23H25F3N2O5/c24-23(25,26)21(30)28(22(31)33-16-18-11-5-2-6-12-18)19(13-7-8-14-27)20(29)32-15-17-9-3-1-4-10-17/h1-6,9-12,19H,7-8,13-16,27H2/t19-/m0/s1. The lowest BCUT2D eigenvalue weighted by molar-refractivity contribution is -0.188. The summed E-state index contributed by atoms with van der Waals surface area (Å²) in [6.07, 6.45) is -6.69. The fourth-order valence-electron chi connectivity index (χ4n) is 2.94. The van der Waals surface area contributed by atoms with E-state index in [4.69, 9.17) is 15.2 Å². The number of halogens is 3. The molecular formula is C23H25F3N2O5. The summed E-state index contributed by atoms with van der Waals surface area (Å²) in [5.74, 6) is -3.65. The van der Waals surface area contributed by atoms with Crippen molar-refractivity contribution < 1.29 is 37.0 Å². The molecule has 0 unspecified atom stereocenters. The molecule has 0 bridgehead atoms. The summed E-state index contributed by atoms with van der Waals surface area (Å²) in [5, 5.41) is 0. The first-order valence-electron chi connectivity index (χ1n) is 10.3. The minimum Gasteiger partial charge on any atom is -0.459 e. The average Bonchev–Trinajstić information content (AvgIpc) is 2.81. The van der Waals surface area contributed by atoms with Gasteiger partial charge < -0.3 is 15.2 Å². The van der Waals surface area contributed by atoms with Crippen molar-refractivity contribution in [2.45, 2.75) is 44.7 Å². The number of hydrogen-bond donors (Lipinski definition) is 1. The third kappa shape index (κ3) is 8.23. The van der Waals surface area contributed by atoms with Crippen LogP contribution in [-0.4, -0.2) is 41.6 Å². The molecular weight excluding hydrogens is 441 g/mol. The smallest absolute Gasteiger partial charge is 0.459 e. The van der Waals surface area contributed by atoms with Crippen LogP contribution in [0.25, 0.3) is 0 Å². The van der Waals surface area contributed by atoms with E-state index in [2.05, 4.69) is 0 Å². The molecule has 2 N–H and O–H groups in total. The van der Waals surface area contributed by atoms with Crippen molar-refractivity contribution in [1.82, 2.24) is 4.90 Å². The van der Waals surface area contributed by atoms with Crippen LogP contribution in [0.2, 0.25) is 0 Å². The first-order chi connectivity index (χ1) is 15.7. The molecule has 0 spiro atoms. The minimum absolute atomic E-state index is 0.190. The van der Waals surface area contributed by atoms with Crippen LogP contribution in [0.3, 0.4) is 0 Å². The normalized spacial score (nSPS) is 12.0. The summed E-state index contributed by atoms with van der Waals surface area (Å²) < 4.78 is 50.0. The highest BCUT2D eigenvalue weighted by atomic mass is 19.4. The van der Waals surface area contributed by atoms with Gasteiger partial charge >= 0.3 is 24.1 Å². The molecule has 10 heteroatoms. The van der Waals surface area contributed by atoms with Crippen LogP contribution < -0.4 is 5.73 Å². The molecule has 0 heterocycles. The van der Waals surface area contributed by atoms with Gasteiger partial charge in [-0.05, 0) is 36.9 Å². The van der Waals surface area contributed by atoms with Gasteiger partial charge in [-0.2, -0.15) is 13.2 Å². The first-order valence-corrected chi connectivity index (χ1v) is 10.3. The van der Waals surface area contributed by atoms with Crippen molar-refractivity contribution >= 4 is 18.0 Å². The molecule has 1 atom stereocenters. The highest BCUT2D eigenvalue weighted by Crippen LogP contribution is 2.24. The number of rotatable bonds is 10. The van der Waals surface area contributed by atoms with Crippen molar-refractivity contribution in [3.05, 3.63) is 71.8 Å². The molecule has 0 radical (unpaired) electrons. The molecule has 0 aromatic heterocycles. The predicted octanol–water partition coefficient (Wildman–Crippen LogP) is 3.96. The van der Waals surface area contributed by atoms with Gasteiger partial charge in [-0.25, -0.2) is 14.5 Å². The van der Waals surface area contributed by atoms with Gasteiger partial charge in [0.2, 0.25) is 0 Å². The van der Waals surface area contributed by atoms with Gasteiger partial charge in [0, 0.05) is 0 Å². The maximum Gasteiger partial charge on any atom is 0.471 e. The highest BCUT2D eigenvalue weighted by Gasteiger charge is 2.50. The van der Waals surface area contributed by atoms with Gasteiger partial charge in [-0.3, -0.25) is 4.79 Å². The number of nitrogens with zero attached hydrogens (tertiary/aromatic N) is 1. The van der Waals surface area contributed by atoms with Crippen LogP contribution in [0.1, 0.15) is 30.4 Å². The number of esters is 1. The average molecular weight is 466 g/mol. The third-order valence-corrected chi connectivity index (χ3v) is 4.60. The molecule has 0 saturated carbocycles. The van der Waals surface area contributed by atoms with Crippen LogP contribution in [-0.2, 0) is 32.3 Å². The third-order valence-electron chi connectivity index (χ3n) is 4.60. The Morgan fingerprint density at radius 3 is 1.85 bits per heavy atom. The Bertz CT molecular complexity index is 907. The zero-order valence-corrected chi connectivity index (χ0v) is 17.8. The lowest BCUT2D eigenvalue weighted by atomic mass is 10.1. The Morgan fingerprint density at radius 2 is 1.36 bits per heavy atom. The SMILES string of the molecule is NCCCC[C@@H](C(=O)OCc1ccccc1)N(C(=O)OCc1ccccc1)C(=O)C(F)(F)F. The number of ether oxygens (including phenoxy) is 2. The van der Waals surface area contributed by atoms with Crippen molar-refractivity contribution in [2.75, 3.05) is 6.54 Å². The molecule has 2 aromatic rings. The summed E-state index contributed by atoms with van der Waals surface area (Å²) >= 11 is 0. The number of carbonyl (C=O) groups is 3. The summed E-state index contributed by atoms with van der Waals surface area (Å²) in [5.41, 5.74) is 6.52. The number of imide groups is 1. The fourth-order valence-corrected chi connectivity index (χ4v) is 2.94. The van der Waals surface area contributed by atoms with Gasteiger partial charge in [-0.15, -0.1) is 0 Å². The number of hydrogen-bond acceptors (Lipinski definition) is 6. The quantitative estimate of drug-likeness (QED) is 0.421. The molecule has 2 amide bonds. The van der Waals surface area contributed by atoms with Crippen LogP contribution in [0.15, 0.2) is 60.7 Å². The molecule has 2 aromatic carbocycles. The topological polar surface area (TPSA) is 98.9 Å². The Balaban J connectivity index is 2.24. The molecule has 178 valence electrons. The van der Waals surface area contributed by atoms with Gasteiger partial charge in [-0.1, -0.05) is 60.7 Å². The van der Waals surface area contributed by atoms with E-state index >= 15 is 0 Å². The molecule has 0 aliphatic rings. The van der Waals surface area contributed by atoms with Crippen molar-refractivity contribution in [2.24, 2.45) is 5.73 Å². The molecule has 0 aliphatic heterocycles. The number of alkyl halides is 3. The van der Waals surface area contributed by atoms with Crippen LogP contribution in [0, 0.1) is 0 Å². The van der Waals surface area contributed by atoms with Gasteiger partial charge in [0.15, 0.2) is 0 Å². The highest BCUT2D eigenvalue weighted by molar-refractivity contribution is 5.99. The Labute approximate surface area is 189 Å². The van der Waals surface area contributed by atoms with Crippen LogP contribution in [0.5, 0.6) is 0 Å². The molecule has 33 heavy (non-hydrogen) atoms. The van der Waals surface area contributed by atoms with Crippen molar-refractivity contribution in [3.63, 3.8) is 0 Å². The van der Waals surface area contributed by atoms with Crippen LogP contribution in [0.4, 0.5) is 18.0 Å². The summed E-state index contributed by atoms with van der Waals surface area (Å²) in [6, 6.07) is 14.8. The second kappa shape index (κ2) is 12.6. The van der Waals surface area contributed by atoms with E-state index in [9.17, 15) is 27.6 Å². The zero-order chi connectivity index (χ0) is 24.3. The Morgan fingerprint density at radius 1 is 0.848 bits per heavy atom. The molecule has 7 nitrogen and oxygen atoms in total. The van der Waals surface area contributed by atoms with Crippen LogP contribution >= 0.6 is 0 Å².